The number of carbonyl (C=O) groups is 2. The van der Waals surface area contributed by atoms with Crippen molar-refractivity contribution in [1.29, 1.82) is 0 Å². The Bertz CT molecular complexity index is 1630. The highest BCUT2D eigenvalue weighted by molar-refractivity contribution is 7.84. The van der Waals surface area contributed by atoms with E-state index in [2.05, 4.69) is 24.4 Å². The molecule has 0 radical (unpaired) electrons. The number of alkyl halides is 3. The summed E-state index contributed by atoms with van der Waals surface area (Å²) in [5, 5.41) is 11.2. The van der Waals surface area contributed by atoms with Crippen LogP contribution in [-0.2, 0) is 27.2 Å². The minimum atomic E-state index is -4.67. The summed E-state index contributed by atoms with van der Waals surface area (Å²) in [6.45, 7) is 13.5. The fourth-order valence-corrected chi connectivity index (χ4v) is 6.22. The third-order valence-corrected chi connectivity index (χ3v) is 11.1. The van der Waals surface area contributed by atoms with E-state index in [1.165, 1.54) is 18.2 Å². The van der Waals surface area contributed by atoms with Crippen LogP contribution in [0.25, 0.3) is 11.0 Å². The van der Waals surface area contributed by atoms with Gasteiger partial charge in [-0.05, 0) is 58.9 Å². The molecule has 2 aromatic carbocycles. The molecule has 15 heteroatoms. The van der Waals surface area contributed by atoms with Crippen LogP contribution in [0.5, 0.6) is 0 Å². The molecule has 0 saturated carbocycles. The quantitative estimate of drug-likeness (QED) is 0.126. The largest absolute Gasteiger partial charge is 0.416 e. The average molecular weight is 697 g/mol. The number of aliphatic hydroxyl groups excluding tert-OH is 1. The number of imide groups is 1. The summed E-state index contributed by atoms with van der Waals surface area (Å²) >= 11 is 0. The van der Waals surface area contributed by atoms with Crippen LogP contribution >= 0.6 is 0 Å². The molecule has 0 spiro atoms. The van der Waals surface area contributed by atoms with Gasteiger partial charge in [-0.1, -0.05) is 18.2 Å². The Hall–Kier alpha value is -2.95. The highest BCUT2D eigenvalue weighted by Crippen LogP contribution is 2.35. The van der Waals surface area contributed by atoms with Gasteiger partial charge < -0.3 is 19.1 Å². The number of nitrogens with one attached hydrogen (secondary N) is 1. The maximum atomic E-state index is 13.8. The minimum absolute atomic E-state index is 0.0143. The number of ether oxygens (including phenoxy) is 2. The number of benzene rings is 2. The first-order chi connectivity index (χ1) is 21.6. The molecule has 1 unspecified atom stereocenters. The van der Waals surface area contributed by atoms with Crippen LogP contribution in [0.2, 0.25) is 25.7 Å². The van der Waals surface area contributed by atoms with Crippen LogP contribution in [-0.4, -0.2) is 73.4 Å². The Labute approximate surface area is 276 Å². The summed E-state index contributed by atoms with van der Waals surface area (Å²) in [6.07, 6.45) is -6.30. The van der Waals surface area contributed by atoms with Crippen LogP contribution in [0, 0.1) is 0 Å². The van der Waals surface area contributed by atoms with E-state index in [1.54, 1.807) is 49.6 Å². The Kier molecular flexibility index (Phi) is 10.6. The predicted molar refractivity (Wildman–Crippen MR) is 176 cm³/mol. The number of carbonyl (C=O) groups excluding carboxylic acids is 2. The first-order valence-electron chi connectivity index (χ1n) is 15.2. The molecule has 1 aliphatic rings. The summed E-state index contributed by atoms with van der Waals surface area (Å²) < 4.78 is 69.8. The molecule has 0 saturated heterocycles. The highest BCUT2D eigenvalue weighted by atomic mass is 32.2. The molecule has 0 bridgehead atoms. The van der Waals surface area contributed by atoms with Crippen LogP contribution in [0.1, 0.15) is 79.0 Å². The van der Waals surface area contributed by atoms with Crippen molar-refractivity contribution in [1.82, 2.24) is 19.2 Å². The van der Waals surface area contributed by atoms with Crippen LogP contribution in [0.4, 0.5) is 13.2 Å². The van der Waals surface area contributed by atoms with Gasteiger partial charge in [0.2, 0.25) is 0 Å². The lowest BCUT2D eigenvalue weighted by Gasteiger charge is -2.31. The SMILES string of the molecule is CC(C)(C)S(=O)N[C@@H](COC(C)(C)C(F)(F)F)c1nc2cc([C@@H](O)N3C(=O)c4ccccc4C3=O)ccc2n1COCC[Si-](C)(C)C. The smallest absolute Gasteiger partial charge is 0.369 e. The molecule has 0 fully saturated rings. The molecule has 1 aliphatic heterocycles. The topological polar surface area (TPSA) is 123 Å². The van der Waals surface area contributed by atoms with Crippen molar-refractivity contribution in [2.45, 2.75) is 95.8 Å². The van der Waals surface area contributed by atoms with E-state index in [0.717, 1.165) is 24.8 Å². The molecule has 2 heterocycles. The first kappa shape index (κ1) is 36.9. The molecule has 2 amide bonds. The van der Waals surface area contributed by atoms with E-state index in [-0.39, 0.29) is 29.2 Å². The Morgan fingerprint density at radius 3 is 2.13 bits per heavy atom. The van der Waals surface area contributed by atoms with Gasteiger partial charge in [0.25, 0.3) is 11.8 Å². The van der Waals surface area contributed by atoms with Crippen LogP contribution < -0.4 is 4.72 Å². The normalized spacial score (nSPS) is 16.6. The fourth-order valence-electron chi connectivity index (χ4n) is 4.68. The zero-order valence-corrected chi connectivity index (χ0v) is 29.7. The standard InChI is InChI=1S/C32H43F3N4O6SSi/c1-30(2,3)46(43)37-24(18-45-31(4,5)32(33,34)35)26-36-23-17-20(13-14-25(23)38(26)19-44-15-16-47(6,7)8)27(40)39-28(41)21-11-9-10-12-22(21)29(39)42/h9-14,17,24,27,37,40H,15-16,18-19H2,1-8H3/q-1/t24-,27+,46?/m0/s1. The second kappa shape index (κ2) is 13.5. The molecule has 0 aliphatic carbocycles. The number of aliphatic hydroxyl groups is 1. The van der Waals surface area contributed by atoms with Crippen molar-refractivity contribution < 1.29 is 41.5 Å². The Balaban J connectivity index is 1.76. The molecular formula is C32H43F3N4O6SSi-. The number of amides is 2. The number of nitrogens with zero attached hydrogens (tertiary/aromatic N) is 3. The van der Waals surface area contributed by atoms with Crippen molar-refractivity contribution in [3.05, 3.63) is 65.0 Å². The van der Waals surface area contributed by atoms with Crippen molar-refractivity contribution in [2.75, 3.05) is 13.2 Å². The molecule has 10 nitrogen and oxygen atoms in total. The third-order valence-electron chi connectivity index (χ3n) is 7.80. The van der Waals surface area contributed by atoms with Gasteiger partial charge in [0.15, 0.2) is 11.8 Å². The number of rotatable bonds is 13. The summed E-state index contributed by atoms with van der Waals surface area (Å²) in [6, 6.07) is 10.7. The number of hydrogen-bond acceptors (Lipinski definition) is 7. The molecule has 4 rings (SSSR count). The third kappa shape index (κ3) is 8.20. The number of halogens is 3. The summed E-state index contributed by atoms with van der Waals surface area (Å²) in [5.74, 6) is -1.08. The maximum absolute atomic E-state index is 13.8. The van der Waals surface area contributed by atoms with E-state index in [9.17, 15) is 32.1 Å². The predicted octanol–water partition coefficient (Wildman–Crippen LogP) is 6.09. The van der Waals surface area contributed by atoms with E-state index < -0.39 is 66.3 Å². The van der Waals surface area contributed by atoms with Crippen molar-refractivity contribution >= 4 is 41.9 Å². The van der Waals surface area contributed by atoms with E-state index >= 15 is 0 Å². The van der Waals surface area contributed by atoms with Gasteiger partial charge in [0.05, 0.1) is 44.5 Å². The van der Waals surface area contributed by atoms with Crippen LogP contribution in [0.3, 0.4) is 0 Å². The molecular weight excluding hydrogens is 654 g/mol. The second-order valence-electron chi connectivity index (χ2n) is 14.3. The maximum Gasteiger partial charge on any atom is 0.416 e. The molecule has 2 N–H and O–H groups in total. The van der Waals surface area contributed by atoms with Gasteiger partial charge in [-0.15, -0.1) is 14.1 Å². The van der Waals surface area contributed by atoms with Gasteiger partial charge in [-0.3, -0.25) is 9.59 Å². The lowest BCUT2D eigenvalue weighted by Crippen LogP contribution is -2.45. The Morgan fingerprint density at radius 1 is 1.00 bits per heavy atom. The Morgan fingerprint density at radius 2 is 1.60 bits per heavy atom. The average Bonchev–Trinajstić information content (AvgIpc) is 3.45. The number of imidazole rings is 1. The molecule has 1 aromatic heterocycles. The minimum Gasteiger partial charge on any atom is -0.369 e. The zero-order valence-electron chi connectivity index (χ0n) is 27.9. The van der Waals surface area contributed by atoms with Gasteiger partial charge in [-0.2, -0.15) is 32.8 Å². The van der Waals surface area contributed by atoms with Gasteiger partial charge in [0, 0.05) is 12.2 Å². The van der Waals surface area contributed by atoms with Gasteiger partial charge in [0.1, 0.15) is 18.6 Å². The van der Waals surface area contributed by atoms with Crippen molar-refractivity contribution in [3.63, 3.8) is 0 Å². The van der Waals surface area contributed by atoms with E-state index in [4.69, 9.17) is 14.5 Å². The van der Waals surface area contributed by atoms with Crippen molar-refractivity contribution in [3.8, 4) is 0 Å². The highest BCUT2D eigenvalue weighted by Gasteiger charge is 2.49. The number of fused-ring (bicyclic) bond motifs is 2. The zero-order chi connectivity index (χ0) is 35.1. The van der Waals surface area contributed by atoms with Gasteiger partial charge in [-0.25, -0.2) is 18.8 Å². The van der Waals surface area contributed by atoms with Gasteiger partial charge >= 0.3 is 6.18 Å². The van der Waals surface area contributed by atoms with Crippen LogP contribution in [0.15, 0.2) is 42.5 Å². The monoisotopic (exact) mass is 696 g/mol. The van der Waals surface area contributed by atoms with E-state index in [1.807, 2.05) is 0 Å². The lowest BCUT2D eigenvalue weighted by atomic mass is 10.1. The number of hydrogen-bond donors (Lipinski definition) is 2. The molecule has 3 atom stereocenters. The molecule has 47 heavy (non-hydrogen) atoms. The summed E-state index contributed by atoms with van der Waals surface area (Å²) in [4.78, 5) is 31.6. The molecule has 259 valence electrons. The summed E-state index contributed by atoms with van der Waals surface area (Å²) in [7, 11) is -3.18. The first-order valence-corrected chi connectivity index (χ1v) is 20.1. The molecule has 3 aromatic rings. The fraction of sp³-hybridized carbons (Fsp3) is 0.531. The van der Waals surface area contributed by atoms with E-state index in [0.29, 0.717) is 17.6 Å². The van der Waals surface area contributed by atoms with Crippen molar-refractivity contribution in [2.24, 2.45) is 0 Å². The summed E-state index contributed by atoms with van der Waals surface area (Å²) in [5.41, 5.74) is -1.13. The number of aromatic nitrogens is 2. The second-order valence-corrected chi connectivity index (χ2v) is 21.9. The lowest BCUT2D eigenvalue weighted by molar-refractivity contribution is -0.265.